The second-order valence-electron chi connectivity index (χ2n) is 0.491. The van der Waals surface area contributed by atoms with Crippen molar-refractivity contribution in [3.05, 3.63) is 0 Å². The van der Waals surface area contributed by atoms with Crippen molar-refractivity contribution in [3.8, 4) is 0 Å². The van der Waals surface area contributed by atoms with Crippen LogP contribution in [0.3, 0.4) is 0 Å². The molecule has 0 aromatic carbocycles. The van der Waals surface area contributed by atoms with Crippen molar-refractivity contribution in [2.45, 2.75) is 0 Å². The molecule has 0 radical (unpaired) electrons. The van der Waals surface area contributed by atoms with Crippen LogP contribution in [0.15, 0.2) is 0 Å². The van der Waals surface area contributed by atoms with Crippen LogP contribution in [0, 0.1) is 0 Å². The van der Waals surface area contributed by atoms with Crippen LogP contribution in [0.4, 0.5) is 0 Å². The molecule has 0 unspecified atom stereocenters. The van der Waals surface area contributed by atoms with E-state index in [0.29, 0.717) is 0 Å². The van der Waals surface area contributed by atoms with E-state index in [-0.39, 0.29) is 5.52 Å². The molecule has 0 aliphatic carbocycles. The lowest BCUT2D eigenvalue weighted by atomic mass is 11.8. The van der Waals surface area contributed by atoms with Gasteiger partial charge >= 0.3 is 8.60 Å². The SMILES string of the molecule is OP(O)OCBr. The van der Waals surface area contributed by atoms with E-state index in [4.69, 9.17) is 9.79 Å². The van der Waals surface area contributed by atoms with E-state index in [1.54, 1.807) is 0 Å². The highest BCUT2D eigenvalue weighted by Crippen LogP contribution is 2.24. The molecule has 0 bridgehead atoms. The summed E-state index contributed by atoms with van der Waals surface area (Å²) in [7, 11) is -2.15. The molecule has 0 atom stereocenters. The fourth-order valence-corrected chi connectivity index (χ4v) is 0.680. The van der Waals surface area contributed by atoms with E-state index >= 15 is 0 Å². The van der Waals surface area contributed by atoms with Crippen molar-refractivity contribution in [1.82, 2.24) is 0 Å². The number of hydrogen-bond donors (Lipinski definition) is 2. The molecular weight excluding hydrogens is 171 g/mol. The molecule has 0 saturated carbocycles. The molecule has 0 rings (SSSR count). The maximum atomic E-state index is 7.92. The summed E-state index contributed by atoms with van der Waals surface area (Å²) in [5, 5.41) is 0. The van der Waals surface area contributed by atoms with Gasteiger partial charge in [-0.15, -0.1) is 0 Å². The average molecular weight is 175 g/mol. The normalized spacial score (nSPS) is 10.0. The van der Waals surface area contributed by atoms with E-state index in [1.165, 1.54) is 0 Å². The highest BCUT2D eigenvalue weighted by atomic mass is 79.9. The highest BCUT2D eigenvalue weighted by molar-refractivity contribution is 9.09. The van der Waals surface area contributed by atoms with Gasteiger partial charge in [-0.2, -0.15) is 0 Å². The summed E-state index contributed by atoms with van der Waals surface area (Å²) >= 11 is 2.82. The molecular formula is CH4BrO3P. The minimum absolute atomic E-state index is 0.172. The first-order valence-corrected chi connectivity index (χ1v) is 3.43. The Bertz CT molecular complexity index is 32.0. The van der Waals surface area contributed by atoms with Gasteiger partial charge in [-0.25, -0.2) is 0 Å². The largest absolute Gasteiger partial charge is 0.328 e. The lowest BCUT2D eigenvalue weighted by Crippen LogP contribution is -1.74. The van der Waals surface area contributed by atoms with Crippen LogP contribution in [-0.4, -0.2) is 15.3 Å². The van der Waals surface area contributed by atoms with Crippen molar-refractivity contribution in [3.63, 3.8) is 0 Å². The number of halogens is 1. The Hall–Kier alpha value is 0.790. The van der Waals surface area contributed by atoms with Gasteiger partial charge in [-0.3, -0.25) is 0 Å². The van der Waals surface area contributed by atoms with Crippen LogP contribution in [0.1, 0.15) is 0 Å². The summed E-state index contributed by atoms with van der Waals surface area (Å²) in [6.07, 6.45) is 0. The van der Waals surface area contributed by atoms with Gasteiger partial charge in [0.05, 0.1) is 0 Å². The third kappa shape index (κ3) is 4.79. The highest BCUT2D eigenvalue weighted by Gasteiger charge is 1.92. The minimum atomic E-state index is -2.15. The molecule has 3 nitrogen and oxygen atoms in total. The summed E-state index contributed by atoms with van der Waals surface area (Å²) in [5.74, 6) is 0. The van der Waals surface area contributed by atoms with Gasteiger partial charge in [0.2, 0.25) is 0 Å². The molecule has 0 aliphatic heterocycles. The summed E-state index contributed by atoms with van der Waals surface area (Å²) in [5.41, 5.74) is 0.172. The second-order valence-corrected chi connectivity index (χ2v) is 1.71. The van der Waals surface area contributed by atoms with Crippen LogP contribution < -0.4 is 0 Å². The predicted octanol–water partition coefficient (Wildman–Crippen LogP) is 0.567. The van der Waals surface area contributed by atoms with Crippen molar-refractivity contribution in [2.24, 2.45) is 0 Å². The van der Waals surface area contributed by atoms with E-state index in [0.717, 1.165) is 0 Å². The molecule has 0 amide bonds. The second kappa shape index (κ2) is 3.96. The first kappa shape index (κ1) is 6.79. The molecule has 0 heterocycles. The van der Waals surface area contributed by atoms with Gasteiger partial charge in [0.15, 0.2) is 0 Å². The van der Waals surface area contributed by atoms with Gasteiger partial charge in [0, 0.05) is 0 Å². The Balaban J connectivity index is 2.63. The van der Waals surface area contributed by atoms with Crippen LogP contribution in [0.5, 0.6) is 0 Å². The molecule has 0 aliphatic rings. The fourth-order valence-electron chi connectivity index (χ4n) is 0.0436. The molecule has 2 N–H and O–H groups in total. The molecule has 0 fully saturated rings. The Labute approximate surface area is 45.1 Å². The van der Waals surface area contributed by atoms with Crippen molar-refractivity contribution >= 4 is 24.5 Å². The number of rotatable bonds is 2. The monoisotopic (exact) mass is 174 g/mol. The smallest absolute Gasteiger partial charge is 0.327 e. The average Bonchev–Trinajstić information content (AvgIpc) is 1.35. The van der Waals surface area contributed by atoms with Crippen LogP contribution >= 0.6 is 24.5 Å². The lowest BCUT2D eigenvalue weighted by molar-refractivity contribution is 0.301. The van der Waals surface area contributed by atoms with E-state index in [1.807, 2.05) is 0 Å². The van der Waals surface area contributed by atoms with Crippen LogP contribution in [0.25, 0.3) is 0 Å². The predicted molar refractivity (Wildman–Crippen MR) is 26.2 cm³/mol. The van der Waals surface area contributed by atoms with Gasteiger partial charge in [-0.05, 0) is 0 Å². The third-order valence-corrected chi connectivity index (χ3v) is 1.11. The summed E-state index contributed by atoms with van der Waals surface area (Å²) < 4.78 is 4.13. The van der Waals surface area contributed by atoms with Gasteiger partial charge in [0.1, 0.15) is 5.52 Å². The number of alkyl halides is 1. The molecule has 6 heavy (non-hydrogen) atoms. The zero-order valence-corrected chi connectivity index (χ0v) is 5.32. The molecule has 0 saturated heterocycles. The van der Waals surface area contributed by atoms with Gasteiger partial charge in [0.25, 0.3) is 0 Å². The standard InChI is InChI=1S/CH4BrO3P/c2-1-5-6(3)4/h3-4H,1H2. The molecule has 0 aromatic rings. The zero-order valence-electron chi connectivity index (χ0n) is 2.83. The van der Waals surface area contributed by atoms with Gasteiger partial charge in [-0.1, -0.05) is 15.9 Å². The first-order valence-electron chi connectivity index (χ1n) is 1.14. The lowest BCUT2D eigenvalue weighted by Gasteiger charge is -1.94. The molecule has 0 aromatic heterocycles. The topological polar surface area (TPSA) is 49.7 Å². The number of hydrogen-bond acceptors (Lipinski definition) is 3. The Morgan fingerprint density at radius 3 is 2.17 bits per heavy atom. The summed E-state index contributed by atoms with van der Waals surface area (Å²) in [4.78, 5) is 15.8. The van der Waals surface area contributed by atoms with Crippen molar-refractivity contribution in [1.29, 1.82) is 0 Å². The molecule has 5 heteroatoms. The quantitative estimate of drug-likeness (QED) is 0.476. The zero-order chi connectivity index (χ0) is 4.99. The van der Waals surface area contributed by atoms with Crippen molar-refractivity contribution in [2.75, 3.05) is 5.52 Å². The van der Waals surface area contributed by atoms with Crippen LogP contribution in [0.2, 0.25) is 0 Å². The van der Waals surface area contributed by atoms with E-state index in [2.05, 4.69) is 20.5 Å². The van der Waals surface area contributed by atoms with E-state index < -0.39 is 8.60 Å². The first-order chi connectivity index (χ1) is 2.77. The van der Waals surface area contributed by atoms with Crippen molar-refractivity contribution < 1.29 is 14.3 Å². The molecule has 0 spiro atoms. The fraction of sp³-hybridized carbons (Fsp3) is 1.00. The Kier molecular flexibility index (Phi) is 4.48. The summed E-state index contributed by atoms with van der Waals surface area (Å²) in [6, 6.07) is 0. The maximum absolute atomic E-state index is 7.92. The minimum Gasteiger partial charge on any atom is -0.328 e. The van der Waals surface area contributed by atoms with E-state index in [9.17, 15) is 0 Å². The Morgan fingerprint density at radius 1 is 1.67 bits per heavy atom. The third-order valence-electron chi connectivity index (χ3n) is 0.164. The summed E-state index contributed by atoms with van der Waals surface area (Å²) in [6.45, 7) is 0. The molecule has 38 valence electrons. The van der Waals surface area contributed by atoms with Gasteiger partial charge < -0.3 is 14.3 Å². The maximum Gasteiger partial charge on any atom is 0.327 e. The Morgan fingerprint density at radius 2 is 2.17 bits per heavy atom. The van der Waals surface area contributed by atoms with Crippen LogP contribution in [-0.2, 0) is 4.52 Å².